The Morgan fingerprint density at radius 1 is 1.00 bits per heavy atom. The SMILES string of the molecule is O=S(=O)(O)c1cnc(-c2ccccc2Cc2ccccc2)[nH]1. The number of aromatic amines is 1. The van der Waals surface area contributed by atoms with E-state index in [2.05, 4.69) is 9.97 Å². The van der Waals surface area contributed by atoms with Crippen LogP contribution in [0, 0.1) is 0 Å². The van der Waals surface area contributed by atoms with E-state index in [0.29, 0.717) is 12.2 Å². The molecule has 2 N–H and O–H groups in total. The van der Waals surface area contributed by atoms with Crippen LogP contribution in [0.3, 0.4) is 0 Å². The standard InChI is InChI=1S/C16H14N2O3S/c19-22(20,21)15-11-17-16(18-15)14-9-5-4-8-13(14)10-12-6-2-1-3-7-12/h1-9,11H,10H2,(H,17,18)(H,19,20,21). The number of nitrogens with zero attached hydrogens (tertiary/aromatic N) is 1. The van der Waals surface area contributed by atoms with Crippen molar-refractivity contribution in [1.29, 1.82) is 0 Å². The summed E-state index contributed by atoms with van der Waals surface area (Å²) in [5.41, 5.74) is 2.97. The monoisotopic (exact) mass is 314 g/mol. The van der Waals surface area contributed by atoms with Crippen molar-refractivity contribution < 1.29 is 13.0 Å². The van der Waals surface area contributed by atoms with Gasteiger partial charge in [0, 0.05) is 5.56 Å². The number of hydrogen-bond acceptors (Lipinski definition) is 3. The van der Waals surface area contributed by atoms with Crippen LogP contribution in [0.15, 0.2) is 65.8 Å². The molecule has 0 aliphatic heterocycles. The van der Waals surface area contributed by atoms with E-state index >= 15 is 0 Å². The van der Waals surface area contributed by atoms with Crippen molar-refractivity contribution in [2.75, 3.05) is 0 Å². The van der Waals surface area contributed by atoms with E-state index in [0.717, 1.165) is 22.9 Å². The van der Waals surface area contributed by atoms with Crippen LogP contribution in [0.1, 0.15) is 11.1 Å². The first-order valence-electron chi connectivity index (χ1n) is 6.69. The van der Waals surface area contributed by atoms with Gasteiger partial charge >= 0.3 is 10.1 Å². The first-order valence-corrected chi connectivity index (χ1v) is 8.13. The zero-order valence-electron chi connectivity index (χ0n) is 11.6. The molecule has 5 nitrogen and oxygen atoms in total. The first-order chi connectivity index (χ1) is 10.5. The van der Waals surface area contributed by atoms with Crippen LogP contribution in [-0.4, -0.2) is 22.9 Å². The van der Waals surface area contributed by atoms with Crippen LogP contribution in [0.5, 0.6) is 0 Å². The topological polar surface area (TPSA) is 83.1 Å². The summed E-state index contributed by atoms with van der Waals surface area (Å²) in [4.78, 5) is 6.71. The van der Waals surface area contributed by atoms with Crippen LogP contribution in [0.2, 0.25) is 0 Å². The van der Waals surface area contributed by atoms with Crippen molar-refractivity contribution in [3.63, 3.8) is 0 Å². The average molecular weight is 314 g/mol. The van der Waals surface area contributed by atoms with Gasteiger partial charge in [-0.3, -0.25) is 4.55 Å². The van der Waals surface area contributed by atoms with Gasteiger partial charge in [0.05, 0.1) is 6.20 Å². The summed E-state index contributed by atoms with van der Waals surface area (Å²) in [6.45, 7) is 0. The molecule has 112 valence electrons. The lowest BCUT2D eigenvalue weighted by molar-refractivity contribution is 0.480. The second-order valence-electron chi connectivity index (χ2n) is 4.89. The van der Waals surface area contributed by atoms with E-state index in [1.165, 1.54) is 0 Å². The van der Waals surface area contributed by atoms with Crippen molar-refractivity contribution in [3.8, 4) is 11.4 Å². The number of aromatic nitrogens is 2. The van der Waals surface area contributed by atoms with Crippen LogP contribution in [0.25, 0.3) is 11.4 Å². The van der Waals surface area contributed by atoms with Gasteiger partial charge in [-0.15, -0.1) is 0 Å². The summed E-state index contributed by atoms with van der Waals surface area (Å²) in [6.07, 6.45) is 1.82. The third-order valence-corrected chi connectivity index (χ3v) is 4.10. The molecule has 0 amide bonds. The maximum Gasteiger partial charge on any atom is 0.311 e. The van der Waals surface area contributed by atoms with Crippen molar-refractivity contribution in [1.82, 2.24) is 9.97 Å². The highest BCUT2D eigenvalue weighted by molar-refractivity contribution is 7.85. The minimum Gasteiger partial charge on any atom is -0.327 e. The summed E-state index contributed by atoms with van der Waals surface area (Å²) in [7, 11) is -4.28. The van der Waals surface area contributed by atoms with Gasteiger partial charge in [0.15, 0.2) is 5.03 Å². The Hall–Kier alpha value is -2.44. The molecule has 3 rings (SSSR count). The smallest absolute Gasteiger partial charge is 0.311 e. The number of benzene rings is 2. The molecule has 22 heavy (non-hydrogen) atoms. The molecular formula is C16H14N2O3S. The molecule has 0 spiro atoms. The number of rotatable bonds is 4. The minimum atomic E-state index is -4.28. The van der Waals surface area contributed by atoms with Crippen molar-refractivity contribution in [3.05, 3.63) is 71.9 Å². The second kappa shape index (κ2) is 5.75. The quantitative estimate of drug-likeness (QED) is 0.725. The summed E-state index contributed by atoms with van der Waals surface area (Å²) >= 11 is 0. The Morgan fingerprint density at radius 2 is 1.68 bits per heavy atom. The van der Waals surface area contributed by atoms with Crippen LogP contribution >= 0.6 is 0 Å². The predicted molar refractivity (Wildman–Crippen MR) is 83.1 cm³/mol. The van der Waals surface area contributed by atoms with E-state index < -0.39 is 10.1 Å². The van der Waals surface area contributed by atoms with E-state index in [4.69, 9.17) is 4.55 Å². The number of nitrogens with one attached hydrogen (secondary N) is 1. The lowest BCUT2D eigenvalue weighted by Gasteiger charge is -2.07. The molecular weight excluding hydrogens is 300 g/mol. The predicted octanol–water partition coefficient (Wildman–Crippen LogP) is 2.91. The maximum absolute atomic E-state index is 11.1. The van der Waals surface area contributed by atoms with Gasteiger partial charge in [-0.05, 0) is 17.5 Å². The normalized spacial score (nSPS) is 11.5. The molecule has 0 saturated heterocycles. The maximum atomic E-state index is 11.1. The highest BCUT2D eigenvalue weighted by atomic mass is 32.2. The van der Waals surface area contributed by atoms with E-state index in [1.54, 1.807) is 0 Å². The summed E-state index contributed by atoms with van der Waals surface area (Å²) in [5, 5.41) is -0.308. The Balaban J connectivity index is 2.00. The van der Waals surface area contributed by atoms with Crippen molar-refractivity contribution >= 4 is 10.1 Å². The van der Waals surface area contributed by atoms with E-state index in [1.807, 2.05) is 54.6 Å². The van der Waals surface area contributed by atoms with Gasteiger partial charge in [-0.25, -0.2) is 4.98 Å². The number of H-pyrrole nitrogens is 1. The van der Waals surface area contributed by atoms with Gasteiger partial charge in [0.1, 0.15) is 5.82 Å². The minimum absolute atomic E-state index is 0.308. The number of imidazole rings is 1. The zero-order valence-corrected chi connectivity index (χ0v) is 12.4. The molecule has 0 fully saturated rings. The Kier molecular flexibility index (Phi) is 3.79. The Morgan fingerprint density at radius 3 is 2.36 bits per heavy atom. The highest BCUT2D eigenvalue weighted by Gasteiger charge is 2.15. The zero-order chi connectivity index (χ0) is 15.6. The summed E-state index contributed by atoms with van der Waals surface area (Å²) < 4.78 is 31.3. The molecule has 0 aliphatic rings. The second-order valence-corrected chi connectivity index (χ2v) is 6.28. The van der Waals surface area contributed by atoms with E-state index in [9.17, 15) is 8.42 Å². The van der Waals surface area contributed by atoms with Gasteiger partial charge < -0.3 is 4.98 Å². The van der Waals surface area contributed by atoms with Crippen LogP contribution in [-0.2, 0) is 16.5 Å². The van der Waals surface area contributed by atoms with Crippen LogP contribution in [0.4, 0.5) is 0 Å². The molecule has 0 saturated carbocycles. The highest BCUT2D eigenvalue weighted by Crippen LogP contribution is 2.24. The van der Waals surface area contributed by atoms with Crippen LogP contribution < -0.4 is 0 Å². The molecule has 0 aliphatic carbocycles. The largest absolute Gasteiger partial charge is 0.327 e. The Bertz CT molecular complexity index is 887. The molecule has 3 aromatic rings. The average Bonchev–Trinajstić information content (AvgIpc) is 2.99. The third-order valence-electron chi connectivity index (χ3n) is 3.34. The molecule has 0 unspecified atom stereocenters. The number of hydrogen-bond donors (Lipinski definition) is 2. The molecule has 0 bridgehead atoms. The molecule has 2 aromatic carbocycles. The molecule has 0 atom stereocenters. The van der Waals surface area contributed by atoms with E-state index in [-0.39, 0.29) is 5.03 Å². The fourth-order valence-electron chi connectivity index (χ4n) is 2.29. The summed E-state index contributed by atoms with van der Waals surface area (Å²) in [5.74, 6) is 0.416. The van der Waals surface area contributed by atoms with Gasteiger partial charge in [-0.1, -0.05) is 54.6 Å². The summed E-state index contributed by atoms with van der Waals surface area (Å²) in [6, 6.07) is 17.6. The van der Waals surface area contributed by atoms with Gasteiger partial charge in [0.2, 0.25) is 0 Å². The molecule has 6 heteroatoms. The van der Waals surface area contributed by atoms with Crippen molar-refractivity contribution in [2.24, 2.45) is 0 Å². The fourth-order valence-corrected chi connectivity index (χ4v) is 2.71. The Labute approximate surface area is 128 Å². The first kappa shape index (κ1) is 14.5. The third kappa shape index (κ3) is 3.08. The lowest BCUT2D eigenvalue weighted by atomic mass is 9.99. The molecule has 0 radical (unpaired) electrons. The van der Waals surface area contributed by atoms with Gasteiger partial charge in [0.25, 0.3) is 0 Å². The fraction of sp³-hybridized carbons (Fsp3) is 0.0625. The molecule has 1 aromatic heterocycles. The van der Waals surface area contributed by atoms with Gasteiger partial charge in [-0.2, -0.15) is 8.42 Å². The molecule has 1 heterocycles. The van der Waals surface area contributed by atoms with Crippen molar-refractivity contribution in [2.45, 2.75) is 11.4 Å². The lowest BCUT2D eigenvalue weighted by Crippen LogP contribution is -1.98.